The van der Waals surface area contributed by atoms with Gasteiger partial charge in [-0.05, 0) is 18.9 Å². The van der Waals surface area contributed by atoms with Gasteiger partial charge in [-0.3, -0.25) is 0 Å². The van der Waals surface area contributed by atoms with Gasteiger partial charge in [0.05, 0.1) is 0 Å². The van der Waals surface area contributed by atoms with Gasteiger partial charge in [-0.1, -0.05) is 104 Å². The Kier molecular flexibility index (Phi) is 25.4. The Morgan fingerprint density at radius 3 is 1.71 bits per heavy atom. The van der Waals surface area contributed by atoms with Crippen LogP contribution in [0.25, 0.3) is 0 Å². The second-order valence-corrected chi connectivity index (χ2v) is 5.68. The summed E-state index contributed by atoms with van der Waals surface area (Å²) in [5.41, 5.74) is 0.903. The number of allylic oxidation sites excluding steroid dienone is 3. The number of unbranched alkanes of at least 4 members (excludes halogenated alkanes) is 3. The van der Waals surface area contributed by atoms with Crippen molar-refractivity contribution < 1.29 is 5.11 Å². The van der Waals surface area contributed by atoms with Gasteiger partial charge in [-0.25, -0.2) is 0 Å². The van der Waals surface area contributed by atoms with Gasteiger partial charge in [0.15, 0.2) is 0 Å². The predicted molar refractivity (Wildman–Crippen MR) is 99.9 cm³/mol. The van der Waals surface area contributed by atoms with Gasteiger partial charge in [0, 0.05) is 0 Å². The minimum Gasteiger partial charge on any atom is -0.509 e. The van der Waals surface area contributed by atoms with Gasteiger partial charge < -0.3 is 5.11 Å². The van der Waals surface area contributed by atoms with Crippen molar-refractivity contribution in [2.24, 2.45) is 5.92 Å². The maximum atomic E-state index is 8.48. The van der Waals surface area contributed by atoms with Crippen LogP contribution in [0.15, 0.2) is 36.6 Å². The zero-order valence-corrected chi connectivity index (χ0v) is 15.5. The lowest BCUT2D eigenvalue weighted by Crippen LogP contribution is -1.90. The van der Waals surface area contributed by atoms with Gasteiger partial charge >= 0.3 is 0 Å². The fourth-order valence-electron chi connectivity index (χ4n) is 1.19. The summed E-state index contributed by atoms with van der Waals surface area (Å²) in [7, 11) is 0. The highest BCUT2D eigenvalue weighted by atomic mass is 16.3. The molecule has 0 radical (unpaired) electrons. The molecular formula is C20H40O. The Labute approximate surface area is 134 Å². The van der Waals surface area contributed by atoms with E-state index in [0.29, 0.717) is 0 Å². The predicted octanol–water partition coefficient (Wildman–Crippen LogP) is 7.61. The van der Waals surface area contributed by atoms with E-state index in [2.05, 4.69) is 47.8 Å². The van der Waals surface area contributed by atoms with Crippen LogP contribution < -0.4 is 0 Å². The molecule has 0 aliphatic carbocycles. The number of hydrogen-bond donors (Lipinski definition) is 1. The fraction of sp³-hybridized carbons (Fsp3) is 0.700. The molecule has 0 bridgehead atoms. The monoisotopic (exact) mass is 296 g/mol. The van der Waals surface area contributed by atoms with E-state index in [9.17, 15) is 0 Å². The Bertz CT molecular complexity index is 233. The second-order valence-electron chi connectivity index (χ2n) is 5.68. The van der Waals surface area contributed by atoms with Crippen LogP contribution in [0.2, 0.25) is 0 Å². The first-order chi connectivity index (χ1) is 9.85. The van der Waals surface area contributed by atoms with Crippen molar-refractivity contribution in [1.29, 1.82) is 0 Å². The van der Waals surface area contributed by atoms with Crippen molar-refractivity contribution in [2.75, 3.05) is 0 Å². The molecular weight excluding hydrogens is 256 g/mol. The average molecular weight is 297 g/mol. The average Bonchev–Trinajstić information content (AvgIpc) is 2.46. The Hall–Kier alpha value is -0.980. The minimum absolute atomic E-state index is 0.0630. The number of aliphatic hydroxyl groups excluding tert-OH is 1. The molecule has 0 aromatic rings. The third-order valence-electron chi connectivity index (χ3n) is 3.06. The van der Waals surface area contributed by atoms with E-state index in [0.717, 1.165) is 11.5 Å². The molecule has 0 fully saturated rings. The first kappa shape index (κ1) is 25.0. The zero-order valence-electron chi connectivity index (χ0n) is 15.5. The number of aliphatic hydroxyl groups is 1. The van der Waals surface area contributed by atoms with E-state index in [1.165, 1.54) is 51.0 Å². The Morgan fingerprint density at radius 2 is 1.48 bits per heavy atom. The highest BCUT2D eigenvalue weighted by Crippen LogP contribution is 2.11. The van der Waals surface area contributed by atoms with Crippen molar-refractivity contribution >= 4 is 0 Å². The smallest absolute Gasteiger partial charge is 0.108 e. The summed E-state index contributed by atoms with van der Waals surface area (Å²) in [6.45, 7) is 19.9. The van der Waals surface area contributed by atoms with E-state index in [1.54, 1.807) is 6.08 Å². The molecule has 1 atom stereocenters. The molecule has 0 rings (SSSR count). The van der Waals surface area contributed by atoms with E-state index < -0.39 is 0 Å². The van der Waals surface area contributed by atoms with Crippen molar-refractivity contribution in [1.82, 2.24) is 0 Å². The lowest BCUT2D eigenvalue weighted by Gasteiger charge is -2.05. The van der Waals surface area contributed by atoms with Gasteiger partial charge in [0.1, 0.15) is 5.76 Å². The van der Waals surface area contributed by atoms with Crippen LogP contribution in [-0.4, -0.2) is 5.11 Å². The van der Waals surface area contributed by atoms with Gasteiger partial charge in [-0.2, -0.15) is 0 Å². The Balaban J connectivity index is -0.000000249. The molecule has 0 aromatic heterocycles. The summed E-state index contributed by atoms with van der Waals surface area (Å²) >= 11 is 0. The number of hydrogen-bond acceptors (Lipinski definition) is 1. The summed E-state index contributed by atoms with van der Waals surface area (Å²) in [4.78, 5) is 0. The highest BCUT2D eigenvalue weighted by molar-refractivity contribution is 5.18. The van der Waals surface area contributed by atoms with Crippen molar-refractivity contribution in [3.8, 4) is 0 Å². The summed E-state index contributed by atoms with van der Waals surface area (Å²) in [6.07, 6.45) is 12.8. The van der Waals surface area contributed by atoms with Gasteiger partial charge in [-0.15, -0.1) is 0 Å². The molecule has 0 amide bonds. The molecule has 1 heteroatoms. The molecule has 0 saturated heterocycles. The van der Waals surface area contributed by atoms with Crippen molar-refractivity contribution in [3.63, 3.8) is 0 Å². The second kappa shape index (κ2) is 21.3. The molecule has 0 spiro atoms. The quantitative estimate of drug-likeness (QED) is 0.277. The lowest BCUT2D eigenvalue weighted by atomic mass is 10.0. The summed E-state index contributed by atoms with van der Waals surface area (Å²) < 4.78 is 0. The summed E-state index contributed by atoms with van der Waals surface area (Å²) in [5.74, 6) is 1.02. The molecule has 0 aliphatic heterocycles. The fourth-order valence-corrected chi connectivity index (χ4v) is 1.19. The van der Waals surface area contributed by atoms with Crippen LogP contribution in [0.5, 0.6) is 0 Å². The maximum Gasteiger partial charge on any atom is 0.108 e. The number of rotatable bonds is 8. The molecule has 0 aliphatic rings. The molecule has 1 unspecified atom stereocenters. The molecule has 0 saturated carbocycles. The largest absolute Gasteiger partial charge is 0.509 e. The molecule has 1 nitrogen and oxygen atoms in total. The van der Waals surface area contributed by atoms with Crippen LogP contribution >= 0.6 is 0 Å². The lowest BCUT2D eigenvalue weighted by molar-refractivity contribution is 0.435. The van der Waals surface area contributed by atoms with Crippen LogP contribution in [0.4, 0.5) is 0 Å². The maximum absolute atomic E-state index is 8.48. The third kappa shape index (κ3) is 38.1. The Morgan fingerprint density at radius 1 is 0.952 bits per heavy atom. The molecule has 21 heavy (non-hydrogen) atoms. The van der Waals surface area contributed by atoms with Crippen molar-refractivity contribution in [3.05, 3.63) is 36.6 Å². The van der Waals surface area contributed by atoms with Crippen LogP contribution in [0.3, 0.4) is 0 Å². The SMILES string of the molecule is C=C(C)/C=C\C(=C)O.CCCC.CCCCCC(C)CC. The normalized spacial score (nSPS) is 11.0. The standard InChI is InChI=1S/C9H20.C7H10O.C4H10/c1-4-6-7-8-9(3)5-2;1-6(2)4-5-7(3)8;1-3-4-2/h9H,4-8H2,1-3H3;4-5,8H,1,3H2,2H3;3-4H2,1-2H3/b;5-4-;. The van der Waals surface area contributed by atoms with E-state index in [-0.39, 0.29) is 5.76 Å². The van der Waals surface area contributed by atoms with Crippen molar-refractivity contribution in [2.45, 2.75) is 86.5 Å². The molecule has 0 aromatic carbocycles. The van der Waals surface area contributed by atoms with E-state index in [4.69, 9.17) is 5.11 Å². The van der Waals surface area contributed by atoms with E-state index in [1.807, 2.05) is 6.92 Å². The zero-order chi connectivity index (χ0) is 17.1. The summed E-state index contributed by atoms with van der Waals surface area (Å²) in [6, 6.07) is 0. The van der Waals surface area contributed by atoms with Crippen LogP contribution in [0, 0.1) is 5.92 Å². The van der Waals surface area contributed by atoms with Crippen LogP contribution in [0.1, 0.15) is 86.5 Å². The van der Waals surface area contributed by atoms with Crippen LogP contribution in [-0.2, 0) is 0 Å². The van der Waals surface area contributed by atoms with Gasteiger partial charge in [0.2, 0.25) is 0 Å². The minimum atomic E-state index is 0.0630. The highest BCUT2D eigenvalue weighted by Gasteiger charge is 1.95. The first-order valence-electron chi connectivity index (χ1n) is 8.56. The van der Waals surface area contributed by atoms with Gasteiger partial charge in [0.25, 0.3) is 0 Å². The molecule has 126 valence electrons. The molecule has 0 heterocycles. The first-order valence-corrected chi connectivity index (χ1v) is 8.56. The summed E-state index contributed by atoms with van der Waals surface area (Å²) in [5, 5.41) is 8.48. The topological polar surface area (TPSA) is 20.2 Å². The van der Waals surface area contributed by atoms with E-state index >= 15 is 0 Å². The molecule has 1 N–H and O–H groups in total. The third-order valence-corrected chi connectivity index (χ3v) is 3.06.